The molecule has 0 amide bonds. The molecule has 3 rings (SSSR count). The standard InChI is InChI=1S/C20H20F3N3O2/c1-12-3-4-14(11-28-2)8-18(12)24-20-25-19(27)17(23)10-26(20)9-13-5-6-15(21)16(22)7-13/h5-8,10H,3-4,9,11H2,1-2H3,(H,24,25,27). The normalized spacial score (nSPS) is 14.2. The molecular weight excluding hydrogens is 371 g/mol. The quantitative estimate of drug-likeness (QED) is 0.815. The van der Waals surface area contributed by atoms with E-state index in [2.05, 4.69) is 10.3 Å². The minimum Gasteiger partial charge on any atom is -0.380 e. The van der Waals surface area contributed by atoms with Crippen LogP contribution >= 0.6 is 0 Å². The molecule has 28 heavy (non-hydrogen) atoms. The van der Waals surface area contributed by atoms with E-state index in [0.29, 0.717) is 12.2 Å². The molecule has 1 aromatic heterocycles. The zero-order chi connectivity index (χ0) is 20.3. The summed E-state index contributed by atoms with van der Waals surface area (Å²) in [6.45, 7) is 2.44. The molecule has 1 aliphatic rings. The van der Waals surface area contributed by atoms with Crippen molar-refractivity contribution in [2.75, 3.05) is 19.0 Å². The summed E-state index contributed by atoms with van der Waals surface area (Å²) in [5.41, 5.74) is 2.27. The molecule has 5 nitrogen and oxygen atoms in total. The molecule has 1 aromatic carbocycles. The van der Waals surface area contributed by atoms with Gasteiger partial charge in [-0.25, -0.2) is 8.78 Å². The molecule has 148 valence electrons. The van der Waals surface area contributed by atoms with E-state index in [1.165, 1.54) is 10.6 Å². The van der Waals surface area contributed by atoms with Gasteiger partial charge in [0.15, 0.2) is 11.6 Å². The lowest BCUT2D eigenvalue weighted by Gasteiger charge is -2.21. The van der Waals surface area contributed by atoms with Gasteiger partial charge in [0.1, 0.15) is 0 Å². The number of nitrogens with zero attached hydrogens (tertiary/aromatic N) is 2. The zero-order valence-corrected chi connectivity index (χ0v) is 15.6. The zero-order valence-electron chi connectivity index (χ0n) is 15.6. The second-order valence-corrected chi connectivity index (χ2v) is 6.65. The lowest BCUT2D eigenvalue weighted by atomic mass is 9.97. The molecule has 0 spiro atoms. The highest BCUT2D eigenvalue weighted by Gasteiger charge is 2.15. The van der Waals surface area contributed by atoms with Crippen LogP contribution in [0.2, 0.25) is 0 Å². The van der Waals surface area contributed by atoms with Crippen molar-refractivity contribution in [3.8, 4) is 0 Å². The number of nitrogens with one attached hydrogen (secondary N) is 1. The van der Waals surface area contributed by atoms with Crippen LogP contribution < -0.4 is 10.9 Å². The average molecular weight is 391 g/mol. The van der Waals surface area contributed by atoms with Crippen LogP contribution in [0.1, 0.15) is 25.3 Å². The fourth-order valence-corrected chi connectivity index (χ4v) is 2.97. The van der Waals surface area contributed by atoms with Crippen molar-refractivity contribution in [3.05, 3.63) is 80.7 Å². The molecular formula is C20H20F3N3O2. The molecule has 0 bridgehead atoms. The second-order valence-electron chi connectivity index (χ2n) is 6.65. The Balaban J connectivity index is 1.95. The first kappa shape index (κ1) is 19.9. The van der Waals surface area contributed by atoms with E-state index in [1.54, 1.807) is 7.11 Å². The first-order valence-corrected chi connectivity index (χ1v) is 8.73. The summed E-state index contributed by atoms with van der Waals surface area (Å²) < 4.78 is 47.0. The van der Waals surface area contributed by atoms with Crippen molar-refractivity contribution in [2.24, 2.45) is 0 Å². The summed E-state index contributed by atoms with van der Waals surface area (Å²) in [4.78, 5) is 15.5. The van der Waals surface area contributed by atoms with E-state index >= 15 is 0 Å². The molecule has 0 atom stereocenters. The summed E-state index contributed by atoms with van der Waals surface area (Å²) in [6.07, 6.45) is 4.59. The number of hydrogen-bond acceptors (Lipinski definition) is 4. The van der Waals surface area contributed by atoms with E-state index < -0.39 is 23.0 Å². The summed E-state index contributed by atoms with van der Waals surface area (Å²) in [6, 6.07) is 3.41. The Morgan fingerprint density at radius 1 is 1.18 bits per heavy atom. The Morgan fingerprint density at radius 2 is 1.96 bits per heavy atom. The van der Waals surface area contributed by atoms with Crippen molar-refractivity contribution < 1.29 is 17.9 Å². The number of rotatable bonds is 6. The molecule has 0 saturated heterocycles. The van der Waals surface area contributed by atoms with Gasteiger partial charge in [-0.15, -0.1) is 0 Å². The summed E-state index contributed by atoms with van der Waals surface area (Å²) in [7, 11) is 1.61. The Labute approximate surface area is 160 Å². The molecule has 0 radical (unpaired) electrons. The number of halogens is 3. The highest BCUT2D eigenvalue weighted by molar-refractivity contribution is 5.46. The second kappa shape index (κ2) is 8.43. The number of ether oxygens (including phenoxy) is 1. The van der Waals surface area contributed by atoms with Crippen LogP contribution in [0.5, 0.6) is 0 Å². The third kappa shape index (κ3) is 4.51. The Bertz CT molecular complexity index is 1010. The van der Waals surface area contributed by atoms with Crippen molar-refractivity contribution in [1.82, 2.24) is 9.55 Å². The Morgan fingerprint density at radius 3 is 2.68 bits per heavy atom. The van der Waals surface area contributed by atoms with Gasteiger partial charge in [-0.2, -0.15) is 9.37 Å². The summed E-state index contributed by atoms with van der Waals surface area (Å²) >= 11 is 0. The van der Waals surface area contributed by atoms with Gasteiger partial charge < -0.3 is 14.6 Å². The number of hydrogen-bond donors (Lipinski definition) is 1. The molecule has 0 saturated carbocycles. The van der Waals surface area contributed by atoms with Crippen LogP contribution in [-0.2, 0) is 11.3 Å². The molecule has 0 aliphatic heterocycles. The smallest absolute Gasteiger partial charge is 0.310 e. The van der Waals surface area contributed by atoms with Gasteiger partial charge in [0.25, 0.3) is 0 Å². The van der Waals surface area contributed by atoms with E-state index in [9.17, 15) is 18.0 Å². The topological polar surface area (TPSA) is 56.1 Å². The SMILES string of the molecule is COCC1=CC(Nc2nc(=O)c(F)cn2Cc2ccc(F)c(F)c2)=C(C)CC1. The lowest BCUT2D eigenvalue weighted by Crippen LogP contribution is -2.22. The first-order valence-electron chi connectivity index (χ1n) is 8.73. The van der Waals surface area contributed by atoms with Crippen LogP contribution in [-0.4, -0.2) is 23.3 Å². The van der Waals surface area contributed by atoms with E-state index in [1.807, 2.05) is 13.0 Å². The highest BCUT2D eigenvalue weighted by atomic mass is 19.2. The van der Waals surface area contributed by atoms with Crippen LogP contribution in [0.4, 0.5) is 19.1 Å². The maximum atomic E-state index is 13.8. The first-order chi connectivity index (χ1) is 13.4. The van der Waals surface area contributed by atoms with Crippen LogP contribution in [0.15, 0.2) is 52.1 Å². The van der Waals surface area contributed by atoms with Crippen molar-refractivity contribution in [1.29, 1.82) is 0 Å². The molecule has 1 aliphatic carbocycles. The molecule has 1 heterocycles. The van der Waals surface area contributed by atoms with Gasteiger partial charge in [0, 0.05) is 19.0 Å². The number of aromatic nitrogens is 2. The lowest BCUT2D eigenvalue weighted by molar-refractivity contribution is 0.222. The monoisotopic (exact) mass is 391 g/mol. The van der Waals surface area contributed by atoms with E-state index in [-0.39, 0.29) is 12.5 Å². The average Bonchev–Trinajstić information content (AvgIpc) is 2.65. The fraction of sp³-hybridized carbons (Fsp3) is 0.300. The van der Waals surface area contributed by atoms with Gasteiger partial charge in [-0.3, -0.25) is 4.79 Å². The number of benzene rings is 1. The van der Waals surface area contributed by atoms with Crippen LogP contribution in [0, 0.1) is 17.5 Å². The number of anilines is 1. The largest absolute Gasteiger partial charge is 0.380 e. The summed E-state index contributed by atoms with van der Waals surface area (Å²) in [5.74, 6) is -2.89. The predicted molar refractivity (Wildman–Crippen MR) is 99.4 cm³/mol. The maximum Gasteiger partial charge on any atom is 0.310 e. The number of allylic oxidation sites excluding steroid dienone is 2. The molecule has 2 aromatic rings. The highest BCUT2D eigenvalue weighted by Crippen LogP contribution is 2.25. The van der Waals surface area contributed by atoms with Gasteiger partial charge >= 0.3 is 5.56 Å². The fourth-order valence-electron chi connectivity index (χ4n) is 2.97. The molecule has 0 fully saturated rings. The third-order valence-electron chi connectivity index (χ3n) is 4.50. The van der Waals surface area contributed by atoms with Crippen LogP contribution in [0.25, 0.3) is 0 Å². The maximum absolute atomic E-state index is 13.8. The van der Waals surface area contributed by atoms with Gasteiger partial charge in [-0.05, 0) is 54.7 Å². The van der Waals surface area contributed by atoms with Crippen molar-refractivity contribution in [3.63, 3.8) is 0 Å². The van der Waals surface area contributed by atoms with Crippen molar-refractivity contribution in [2.45, 2.75) is 26.3 Å². The third-order valence-corrected chi connectivity index (χ3v) is 4.50. The minimum absolute atomic E-state index is 0.00467. The molecule has 0 unspecified atom stereocenters. The molecule has 8 heteroatoms. The van der Waals surface area contributed by atoms with Gasteiger partial charge in [0.05, 0.1) is 13.2 Å². The Kier molecular flexibility index (Phi) is 5.99. The van der Waals surface area contributed by atoms with Crippen molar-refractivity contribution >= 4 is 5.95 Å². The van der Waals surface area contributed by atoms with Gasteiger partial charge in [0.2, 0.25) is 11.8 Å². The van der Waals surface area contributed by atoms with E-state index in [0.717, 1.165) is 48.0 Å². The summed E-state index contributed by atoms with van der Waals surface area (Å²) in [5, 5.41) is 3.07. The predicted octanol–water partition coefficient (Wildman–Crippen LogP) is 3.76. The van der Waals surface area contributed by atoms with E-state index in [4.69, 9.17) is 4.74 Å². The van der Waals surface area contributed by atoms with Gasteiger partial charge in [-0.1, -0.05) is 6.07 Å². The number of methoxy groups -OCH3 is 1. The molecule has 1 N–H and O–H groups in total. The van der Waals surface area contributed by atoms with Crippen LogP contribution in [0.3, 0.4) is 0 Å². The Hall–Kier alpha value is -2.87. The minimum atomic E-state index is -1.03.